The molecule has 0 aliphatic carbocycles. The molecule has 1 heterocycles. The minimum absolute atomic E-state index is 0.124. The van der Waals surface area contributed by atoms with Crippen molar-refractivity contribution >= 4 is 29.9 Å². The van der Waals surface area contributed by atoms with Crippen LogP contribution in [0.3, 0.4) is 0 Å². The van der Waals surface area contributed by atoms with Crippen LogP contribution in [0.4, 0.5) is 4.39 Å². The average molecular weight is 296 g/mol. The SMILES string of the molecule is CCC(NC(=O)c1ccc(F)c(S)c1)c1nccs1. The Labute approximate surface area is 120 Å². The van der Waals surface area contributed by atoms with E-state index in [0.29, 0.717) is 5.56 Å². The standard InChI is InChI=1S/C13H13FN2OS2/c1-2-10(13-15-5-6-19-13)16-12(17)8-3-4-9(14)11(18)7-8/h3-7,10,18H,2H2,1H3,(H,16,17). The zero-order valence-corrected chi connectivity index (χ0v) is 12.0. The van der Waals surface area contributed by atoms with Crippen LogP contribution >= 0.6 is 24.0 Å². The number of halogens is 1. The molecule has 1 unspecified atom stereocenters. The molecule has 1 amide bonds. The summed E-state index contributed by atoms with van der Waals surface area (Å²) in [4.78, 5) is 16.4. The second-order valence-electron chi connectivity index (χ2n) is 3.97. The van der Waals surface area contributed by atoms with Crippen molar-refractivity contribution < 1.29 is 9.18 Å². The summed E-state index contributed by atoms with van der Waals surface area (Å²) < 4.78 is 13.1. The molecular weight excluding hydrogens is 283 g/mol. The molecule has 0 saturated heterocycles. The number of thiol groups is 1. The molecule has 2 rings (SSSR count). The van der Waals surface area contributed by atoms with E-state index in [1.807, 2.05) is 12.3 Å². The number of carbonyl (C=O) groups is 1. The molecule has 19 heavy (non-hydrogen) atoms. The maximum atomic E-state index is 13.1. The first-order chi connectivity index (χ1) is 9.11. The summed E-state index contributed by atoms with van der Waals surface area (Å²) >= 11 is 5.47. The molecule has 1 N–H and O–H groups in total. The summed E-state index contributed by atoms with van der Waals surface area (Å²) in [7, 11) is 0. The van der Waals surface area contributed by atoms with Crippen molar-refractivity contribution in [3.63, 3.8) is 0 Å². The van der Waals surface area contributed by atoms with Crippen molar-refractivity contribution in [2.75, 3.05) is 0 Å². The third-order valence-electron chi connectivity index (χ3n) is 2.67. The molecule has 1 atom stereocenters. The fraction of sp³-hybridized carbons (Fsp3) is 0.231. The van der Waals surface area contributed by atoms with Gasteiger partial charge in [-0.2, -0.15) is 0 Å². The van der Waals surface area contributed by atoms with Gasteiger partial charge in [0.15, 0.2) is 0 Å². The fourth-order valence-corrected chi connectivity index (χ4v) is 2.63. The van der Waals surface area contributed by atoms with Gasteiger partial charge in [-0.05, 0) is 24.6 Å². The predicted molar refractivity (Wildman–Crippen MR) is 76.3 cm³/mol. The molecular formula is C13H13FN2OS2. The third kappa shape index (κ3) is 3.33. The molecule has 0 fully saturated rings. The zero-order chi connectivity index (χ0) is 13.8. The molecule has 0 bridgehead atoms. The van der Waals surface area contributed by atoms with Gasteiger partial charge in [-0.1, -0.05) is 6.92 Å². The second-order valence-corrected chi connectivity index (χ2v) is 5.38. The van der Waals surface area contributed by atoms with Crippen LogP contribution in [0.1, 0.15) is 34.8 Å². The highest BCUT2D eigenvalue weighted by atomic mass is 32.1. The minimum Gasteiger partial charge on any atom is -0.343 e. The largest absolute Gasteiger partial charge is 0.343 e. The number of thiazole rings is 1. The fourth-order valence-electron chi connectivity index (χ4n) is 1.64. The number of aromatic nitrogens is 1. The Bertz CT molecular complexity index is 572. The average Bonchev–Trinajstić information content (AvgIpc) is 2.92. The number of hydrogen-bond acceptors (Lipinski definition) is 4. The van der Waals surface area contributed by atoms with E-state index in [9.17, 15) is 9.18 Å². The summed E-state index contributed by atoms with van der Waals surface area (Å²) in [5.41, 5.74) is 0.390. The van der Waals surface area contributed by atoms with Gasteiger partial charge in [0, 0.05) is 22.0 Å². The molecule has 1 aromatic carbocycles. The first-order valence-corrected chi connectivity index (χ1v) is 7.13. The van der Waals surface area contributed by atoms with E-state index < -0.39 is 5.82 Å². The molecule has 0 radical (unpaired) electrons. The van der Waals surface area contributed by atoms with Crippen LogP contribution in [0, 0.1) is 5.82 Å². The van der Waals surface area contributed by atoms with Crippen LogP contribution in [0.5, 0.6) is 0 Å². The highest BCUT2D eigenvalue weighted by Crippen LogP contribution is 2.20. The number of benzene rings is 1. The maximum Gasteiger partial charge on any atom is 0.251 e. The number of carbonyl (C=O) groups excluding carboxylic acids is 1. The van der Waals surface area contributed by atoms with Crippen molar-refractivity contribution in [1.82, 2.24) is 10.3 Å². The monoisotopic (exact) mass is 296 g/mol. The highest BCUT2D eigenvalue weighted by molar-refractivity contribution is 7.80. The Kier molecular flexibility index (Phi) is 4.55. The van der Waals surface area contributed by atoms with Crippen LogP contribution in [0.15, 0.2) is 34.7 Å². The molecule has 6 heteroatoms. The lowest BCUT2D eigenvalue weighted by atomic mass is 10.1. The summed E-state index contributed by atoms with van der Waals surface area (Å²) in [5, 5.41) is 5.62. The smallest absolute Gasteiger partial charge is 0.251 e. The molecule has 0 saturated carbocycles. The van der Waals surface area contributed by atoms with E-state index in [4.69, 9.17) is 0 Å². The lowest BCUT2D eigenvalue weighted by Gasteiger charge is -2.14. The summed E-state index contributed by atoms with van der Waals surface area (Å²) in [5.74, 6) is -0.691. The Hall–Kier alpha value is -1.40. The molecule has 100 valence electrons. The van der Waals surface area contributed by atoms with Gasteiger partial charge in [-0.15, -0.1) is 24.0 Å². The third-order valence-corrected chi connectivity index (χ3v) is 3.90. The Morgan fingerprint density at radius 1 is 1.58 bits per heavy atom. The zero-order valence-electron chi connectivity index (χ0n) is 10.3. The quantitative estimate of drug-likeness (QED) is 0.849. The minimum atomic E-state index is -0.438. The molecule has 0 aliphatic rings. The van der Waals surface area contributed by atoms with Crippen molar-refractivity contribution in [3.05, 3.63) is 46.2 Å². The first kappa shape index (κ1) is 14.0. The molecule has 0 spiro atoms. The van der Waals surface area contributed by atoms with E-state index >= 15 is 0 Å². The van der Waals surface area contributed by atoms with E-state index in [-0.39, 0.29) is 16.8 Å². The van der Waals surface area contributed by atoms with Crippen molar-refractivity contribution in [3.8, 4) is 0 Å². The van der Waals surface area contributed by atoms with Gasteiger partial charge < -0.3 is 5.32 Å². The predicted octanol–water partition coefficient (Wildman–Crippen LogP) is 3.45. The highest BCUT2D eigenvalue weighted by Gasteiger charge is 2.16. The van der Waals surface area contributed by atoms with E-state index in [1.165, 1.54) is 29.5 Å². The summed E-state index contributed by atoms with van der Waals surface area (Å²) in [6, 6.07) is 3.98. The second kappa shape index (κ2) is 6.16. The van der Waals surface area contributed by atoms with Gasteiger partial charge in [-0.3, -0.25) is 4.79 Å². The van der Waals surface area contributed by atoms with Crippen LogP contribution in [-0.4, -0.2) is 10.9 Å². The van der Waals surface area contributed by atoms with Crippen LogP contribution in [0.25, 0.3) is 0 Å². The topological polar surface area (TPSA) is 42.0 Å². The number of nitrogens with zero attached hydrogens (tertiary/aromatic N) is 1. The Morgan fingerprint density at radius 3 is 2.95 bits per heavy atom. The number of hydrogen-bond donors (Lipinski definition) is 2. The molecule has 2 aromatic rings. The number of nitrogens with one attached hydrogen (secondary N) is 1. The van der Waals surface area contributed by atoms with Gasteiger partial charge in [0.05, 0.1) is 6.04 Å². The van der Waals surface area contributed by atoms with E-state index in [0.717, 1.165) is 11.4 Å². The van der Waals surface area contributed by atoms with Gasteiger partial charge in [-0.25, -0.2) is 9.37 Å². The lowest BCUT2D eigenvalue weighted by molar-refractivity contribution is 0.0935. The number of rotatable bonds is 4. The molecule has 1 aromatic heterocycles. The molecule has 0 aliphatic heterocycles. The summed E-state index contributed by atoms with van der Waals surface area (Å²) in [6.07, 6.45) is 2.45. The maximum absolute atomic E-state index is 13.1. The van der Waals surface area contributed by atoms with Gasteiger partial charge in [0.1, 0.15) is 10.8 Å². The van der Waals surface area contributed by atoms with E-state index in [2.05, 4.69) is 22.9 Å². The van der Waals surface area contributed by atoms with E-state index in [1.54, 1.807) is 6.20 Å². The van der Waals surface area contributed by atoms with Crippen molar-refractivity contribution in [1.29, 1.82) is 0 Å². The lowest BCUT2D eigenvalue weighted by Crippen LogP contribution is -2.28. The first-order valence-electron chi connectivity index (χ1n) is 5.80. The van der Waals surface area contributed by atoms with Crippen molar-refractivity contribution in [2.45, 2.75) is 24.3 Å². The van der Waals surface area contributed by atoms with Crippen molar-refractivity contribution in [2.24, 2.45) is 0 Å². The van der Waals surface area contributed by atoms with Crippen LogP contribution in [0.2, 0.25) is 0 Å². The number of amides is 1. The summed E-state index contributed by atoms with van der Waals surface area (Å²) in [6.45, 7) is 1.97. The van der Waals surface area contributed by atoms with Crippen LogP contribution < -0.4 is 5.32 Å². The molecule has 3 nitrogen and oxygen atoms in total. The Balaban J connectivity index is 2.13. The van der Waals surface area contributed by atoms with Gasteiger partial charge in [0.25, 0.3) is 5.91 Å². The van der Waals surface area contributed by atoms with Gasteiger partial charge >= 0.3 is 0 Å². The van der Waals surface area contributed by atoms with Gasteiger partial charge in [0.2, 0.25) is 0 Å². The normalized spacial score (nSPS) is 12.2. The Morgan fingerprint density at radius 2 is 2.37 bits per heavy atom. The van der Waals surface area contributed by atoms with Crippen LogP contribution in [-0.2, 0) is 0 Å².